The van der Waals surface area contributed by atoms with Crippen molar-refractivity contribution in [3.63, 3.8) is 0 Å². The first-order chi connectivity index (χ1) is 9.70. The van der Waals surface area contributed by atoms with E-state index in [2.05, 4.69) is 20.9 Å². The summed E-state index contributed by atoms with van der Waals surface area (Å²) in [5, 5.41) is 18.1. The van der Waals surface area contributed by atoms with Crippen LogP contribution in [-0.4, -0.2) is 34.1 Å². The van der Waals surface area contributed by atoms with Crippen LogP contribution in [0.25, 0.3) is 0 Å². The van der Waals surface area contributed by atoms with Crippen molar-refractivity contribution in [1.82, 2.24) is 5.01 Å². The first kappa shape index (κ1) is 15.0. The van der Waals surface area contributed by atoms with Crippen LogP contribution in [0.2, 0.25) is 0 Å². The molecule has 0 aliphatic carbocycles. The van der Waals surface area contributed by atoms with Gasteiger partial charge in [-0.2, -0.15) is 5.10 Å². The maximum atomic E-state index is 10.7. The van der Waals surface area contributed by atoms with Crippen molar-refractivity contribution in [2.24, 2.45) is 5.10 Å². The molecular formula is C14H18BrN3O2. The number of hydrogen-bond donors (Lipinski definition) is 0. The van der Waals surface area contributed by atoms with E-state index in [4.69, 9.17) is 5.10 Å². The SMILES string of the molecule is O=[N+]([O-])c1ccc(C(CBr)=NN2CCCCCC2)cc1. The predicted octanol–water partition coefficient (Wildman–Crippen LogP) is 3.57. The number of non-ortho nitro benzene ring substituents is 1. The molecular weight excluding hydrogens is 322 g/mol. The lowest BCUT2D eigenvalue weighted by Gasteiger charge is -2.18. The van der Waals surface area contributed by atoms with Gasteiger partial charge in [0, 0.05) is 30.6 Å². The smallest absolute Gasteiger partial charge is 0.269 e. The fourth-order valence-corrected chi connectivity index (χ4v) is 2.70. The number of hydrazone groups is 1. The molecule has 1 fully saturated rings. The molecule has 6 heteroatoms. The lowest BCUT2D eigenvalue weighted by Crippen LogP contribution is -2.21. The summed E-state index contributed by atoms with van der Waals surface area (Å²) in [5.41, 5.74) is 1.95. The highest BCUT2D eigenvalue weighted by molar-refractivity contribution is 9.09. The average Bonchev–Trinajstić information content (AvgIpc) is 2.73. The van der Waals surface area contributed by atoms with Crippen LogP contribution in [0.15, 0.2) is 29.4 Å². The number of nitrogens with zero attached hydrogens (tertiary/aromatic N) is 3. The molecule has 2 rings (SSSR count). The summed E-state index contributed by atoms with van der Waals surface area (Å²) in [6.07, 6.45) is 4.90. The van der Waals surface area contributed by atoms with E-state index < -0.39 is 0 Å². The lowest BCUT2D eigenvalue weighted by molar-refractivity contribution is -0.384. The molecule has 1 saturated heterocycles. The first-order valence-electron chi connectivity index (χ1n) is 6.84. The quantitative estimate of drug-likeness (QED) is 0.364. The predicted molar refractivity (Wildman–Crippen MR) is 83.5 cm³/mol. The van der Waals surface area contributed by atoms with Gasteiger partial charge in [0.1, 0.15) is 0 Å². The Morgan fingerprint density at radius 2 is 1.80 bits per heavy atom. The van der Waals surface area contributed by atoms with Gasteiger partial charge >= 0.3 is 0 Å². The van der Waals surface area contributed by atoms with Crippen molar-refractivity contribution >= 4 is 27.3 Å². The summed E-state index contributed by atoms with van der Waals surface area (Å²) in [6, 6.07) is 6.57. The fourth-order valence-electron chi connectivity index (χ4n) is 2.26. The molecule has 0 aromatic heterocycles. The van der Waals surface area contributed by atoms with Crippen molar-refractivity contribution in [2.75, 3.05) is 18.4 Å². The van der Waals surface area contributed by atoms with Gasteiger partial charge in [-0.1, -0.05) is 28.8 Å². The molecule has 20 heavy (non-hydrogen) atoms. The molecule has 0 N–H and O–H groups in total. The summed E-state index contributed by atoms with van der Waals surface area (Å²) in [4.78, 5) is 10.3. The van der Waals surface area contributed by atoms with Crippen LogP contribution < -0.4 is 0 Å². The third-order valence-corrected chi connectivity index (χ3v) is 3.91. The van der Waals surface area contributed by atoms with Gasteiger partial charge in [0.25, 0.3) is 5.69 Å². The maximum absolute atomic E-state index is 10.7. The minimum absolute atomic E-state index is 0.109. The molecule has 0 atom stereocenters. The van der Waals surface area contributed by atoms with E-state index in [1.165, 1.54) is 37.8 Å². The third-order valence-electron chi connectivity index (χ3n) is 3.38. The zero-order valence-electron chi connectivity index (χ0n) is 11.3. The second-order valence-electron chi connectivity index (χ2n) is 4.85. The number of rotatable bonds is 4. The summed E-state index contributed by atoms with van der Waals surface area (Å²) < 4.78 is 0. The summed E-state index contributed by atoms with van der Waals surface area (Å²) in [5.74, 6) is 0. The normalized spacial score (nSPS) is 16.9. The Labute approximate surface area is 126 Å². The van der Waals surface area contributed by atoms with Gasteiger partial charge in [0.2, 0.25) is 0 Å². The Morgan fingerprint density at radius 1 is 1.20 bits per heavy atom. The molecule has 0 spiro atoms. The molecule has 1 aliphatic heterocycles. The molecule has 1 aromatic rings. The number of nitro benzene ring substituents is 1. The molecule has 108 valence electrons. The number of alkyl halides is 1. The van der Waals surface area contributed by atoms with Crippen LogP contribution >= 0.6 is 15.9 Å². The minimum Gasteiger partial charge on any atom is -0.297 e. The average molecular weight is 340 g/mol. The molecule has 0 radical (unpaired) electrons. The van der Waals surface area contributed by atoms with Gasteiger partial charge < -0.3 is 0 Å². The number of halogens is 1. The second-order valence-corrected chi connectivity index (χ2v) is 5.41. The number of nitro groups is 1. The molecule has 0 bridgehead atoms. The summed E-state index contributed by atoms with van der Waals surface area (Å²) >= 11 is 3.46. The largest absolute Gasteiger partial charge is 0.297 e. The second kappa shape index (κ2) is 7.38. The Morgan fingerprint density at radius 3 is 2.30 bits per heavy atom. The maximum Gasteiger partial charge on any atom is 0.269 e. The van der Waals surface area contributed by atoms with E-state index in [0.29, 0.717) is 5.33 Å². The van der Waals surface area contributed by atoms with Crippen LogP contribution in [0.3, 0.4) is 0 Å². The van der Waals surface area contributed by atoms with E-state index in [-0.39, 0.29) is 10.6 Å². The number of hydrogen-bond acceptors (Lipinski definition) is 4. The fraction of sp³-hybridized carbons (Fsp3) is 0.500. The first-order valence-corrected chi connectivity index (χ1v) is 7.96. The zero-order chi connectivity index (χ0) is 14.4. The van der Waals surface area contributed by atoms with Crippen LogP contribution in [0.1, 0.15) is 31.2 Å². The Hall–Kier alpha value is -1.43. The van der Waals surface area contributed by atoms with Crippen LogP contribution in [0, 0.1) is 10.1 Å². The highest BCUT2D eigenvalue weighted by Crippen LogP contribution is 2.15. The van der Waals surface area contributed by atoms with E-state index in [1.54, 1.807) is 12.1 Å². The van der Waals surface area contributed by atoms with Crippen molar-refractivity contribution in [1.29, 1.82) is 0 Å². The van der Waals surface area contributed by atoms with Gasteiger partial charge in [0.05, 0.1) is 10.6 Å². The van der Waals surface area contributed by atoms with Gasteiger partial charge in [-0.05, 0) is 30.5 Å². The highest BCUT2D eigenvalue weighted by Gasteiger charge is 2.11. The van der Waals surface area contributed by atoms with Gasteiger partial charge in [-0.15, -0.1) is 0 Å². The Kier molecular flexibility index (Phi) is 5.52. The van der Waals surface area contributed by atoms with Crippen molar-refractivity contribution < 1.29 is 4.92 Å². The standard InChI is InChI=1S/C14H18BrN3O2/c15-11-14(16-17-9-3-1-2-4-10-17)12-5-7-13(8-6-12)18(19)20/h5-8H,1-4,9-11H2. The highest BCUT2D eigenvalue weighted by atomic mass is 79.9. The molecule has 5 nitrogen and oxygen atoms in total. The van der Waals surface area contributed by atoms with E-state index in [9.17, 15) is 10.1 Å². The molecule has 0 saturated carbocycles. The Bertz CT molecular complexity index is 480. The summed E-state index contributed by atoms with van der Waals surface area (Å²) in [7, 11) is 0. The Balaban J connectivity index is 2.15. The van der Waals surface area contributed by atoms with Crippen molar-refractivity contribution in [3.8, 4) is 0 Å². The van der Waals surface area contributed by atoms with Gasteiger partial charge in [-0.25, -0.2) is 0 Å². The minimum atomic E-state index is -0.385. The topological polar surface area (TPSA) is 58.7 Å². The molecule has 1 aliphatic rings. The van der Waals surface area contributed by atoms with Crippen LogP contribution in [0.5, 0.6) is 0 Å². The van der Waals surface area contributed by atoms with Gasteiger partial charge in [-0.3, -0.25) is 15.1 Å². The molecule has 0 unspecified atom stereocenters. The third kappa shape index (κ3) is 4.03. The molecule has 0 amide bonds. The van der Waals surface area contributed by atoms with E-state index in [1.807, 2.05) is 0 Å². The summed E-state index contributed by atoms with van der Waals surface area (Å²) in [6.45, 7) is 1.98. The van der Waals surface area contributed by atoms with Crippen LogP contribution in [0.4, 0.5) is 5.69 Å². The van der Waals surface area contributed by atoms with Crippen molar-refractivity contribution in [2.45, 2.75) is 25.7 Å². The van der Waals surface area contributed by atoms with Gasteiger partial charge in [0.15, 0.2) is 0 Å². The van der Waals surface area contributed by atoms with E-state index in [0.717, 1.165) is 24.4 Å². The monoisotopic (exact) mass is 339 g/mol. The number of benzene rings is 1. The molecule has 1 heterocycles. The van der Waals surface area contributed by atoms with Crippen LogP contribution in [-0.2, 0) is 0 Å². The zero-order valence-corrected chi connectivity index (χ0v) is 12.9. The lowest BCUT2D eigenvalue weighted by atomic mass is 10.1. The van der Waals surface area contributed by atoms with Crippen molar-refractivity contribution in [3.05, 3.63) is 39.9 Å². The molecule has 1 aromatic carbocycles. The van der Waals surface area contributed by atoms with E-state index >= 15 is 0 Å².